The molecule has 1 saturated heterocycles. The van der Waals surface area contributed by atoms with Crippen molar-refractivity contribution in [3.8, 4) is 0 Å². The predicted molar refractivity (Wildman–Crippen MR) is 72.2 cm³/mol. The van der Waals surface area contributed by atoms with Gasteiger partial charge in [0.05, 0.1) is 12.2 Å². The van der Waals surface area contributed by atoms with Crippen LogP contribution in [0.1, 0.15) is 11.8 Å². The fraction of sp³-hybridized carbons (Fsp3) is 0.583. The van der Waals surface area contributed by atoms with E-state index in [0.717, 1.165) is 6.20 Å². The van der Waals surface area contributed by atoms with Gasteiger partial charge < -0.3 is 25.4 Å². The molecular formula is C12H14F3N3O7. The van der Waals surface area contributed by atoms with Gasteiger partial charge in [-0.25, -0.2) is 4.79 Å². The molecule has 1 amide bonds. The van der Waals surface area contributed by atoms with E-state index in [0.29, 0.717) is 4.57 Å². The van der Waals surface area contributed by atoms with Crippen LogP contribution in [0.25, 0.3) is 0 Å². The topological polar surface area (TPSA) is 154 Å². The molecule has 1 aromatic heterocycles. The SMILES string of the molecule is O=C(NCc1cn(C2OC(CO)C(O)C2O)c(=O)[nH]c1=O)C(F)(F)F. The highest BCUT2D eigenvalue weighted by atomic mass is 19.4. The summed E-state index contributed by atoms with van der Waals surface area (Å²) in [5.41, 5.74) is -2.53. The van der Waals surface area contributed by atoms with E-state index in [2.05, 4.69) is 0 Å². The zero-order valence-electron chi connectivity index (χ0n) is 12.4. The van der Waals surface area contributed by atoms with Crippen molar-refractivity contribution in [2.24, 2.45) is 0 Å². The first-order chi connectivity index (χ1) is 11.6. The van der Waals surface area contributed by atoms with E-state index in [4.69, 9.17) is 9.84 Å². The summed E-state index contributed by atoms with van der Waals surface area (Å²) in [6.07, 6.45) is -10.2. The Bertz CT molecular complexity index is 760. The number of aliphatic hydroxyl groups is 3. The summed E-state index contributed by atoms with van der Waals surface area (Å²) in [5, 5.41) is 30.0. The first kappa shape index (κ1) is 19.1. The Labute approximate surface area is 136 Å². The van der Waals surface area contributed by atoms with Crippen LogP contribution in [0.2, 0.25) is 0 Å². The zero-order valence-corrected chi connectivity index (χ0v) is 12.4. The van der Waals surface area contributed by atoms with E-state index in [-0.39, 0.29) is 0 Å². The monoisotopic (exact) mass is 369 g/mol. The molecular weight excluding hydrogens is 355 g/mol. The second-order valence-electron chi connectivity index (χ2n) is 5.23. The van der Waals surface area contributed by atoms with Crippen molar-refractivity contribution in [2.45, 2.75) is 37.3 Å². The fourth-order valence-corrected chi connectivity index (χ4v) is 2.23. The van der Waals surface area contributed by atoms with Crippen LogP contribution >= 0.6 is 0 Å². The van der Waals surface area contributed by atoms with E-state index in [1.165, 1.54) is 5.32 Å². The van der Waals surface area contributed by atoms with Gasteiger partial charge in [-0.2, -0.15) is 13.2 Å². The van der Waals surface area contributed by atoms with Crippen LogP contribution in [0.3, 0.4) is 0 Å². The maximum Gasteiger partial charge on any atom is 0.471 e. The Balaban J connectivity index is 2.28. The highest BCUT2D eigenvalue weighted by molar-refractivity contribution is 5.81. The molecule has 0 bridgehead atoms. The summed E-state index contributed by atoms with van der Waals surface area (Å²) >= 11 is 0. The number of hydrogen-bond donors (Lipinski definition) is 5. The third-order valence-electron chi connectivity index (χ3n) is 3.53. The molecule has 1 aromatic rings. The molecule has 1 aliphatic rings. The molecule has 140 valence electrons. The molecule has 4 atom stereocenters. The van der Waals surface area contributed by atoms with Gasteiger partial charge in [0.15, 0.2) is 6.23 Å². The quantitative estimate of drug-likeness (QED) is 0.388. The Kier molecular flexibility index (Phi) is 5.31. The smallest absolute Gasteiger partial charge is 0.394 e. The van der Waals surface area contributed by atoms with Crippen molar-refractivity contribution < 1.29 is 38.0 Å². The van der Waals surface area contributed by atoms with Crippen LogP contribution in [0, 0.1) is 0 Å². The number of nitrogens with one attached hydrogen (secondary N) is 2. The van der Waals surface area contributed by atoms with Crippen LogP contribution in [-0.2, 0) is 16.1 Å². The number of H-pyrrole nitrogens is 1. The second-order valence-corrected chi connectivity index (χ2v) is 5.23. The van der Waals surface area contributed by atoms with Gasteiger partial charge in [-0.1, -0.05) is 0 Å². The number of hydrogen-bond acceptors (Lipinski definition) is 7. The van der Waals surface area contributed by atoms with Crippen LogP contribution in [-0.4, -0.2) is 61.9 Å². The molecule has 0 spiro atoms. The van der Waals surface area contributed by atoms with Crippen molar-refractivity contribution in [3.05, 3.63) is 32.6 Å². The number of nitrogens with zero attached hydrogens (tertiary/aromatic N) is 1. The standard InChI is InChI=1S/C12H14F3N3O7/c13-12(14,15)10(23)16-1-4-2-18(11(24)17-8(4)22)9-7(21)6(20)5(3-19)25-9/h2,5-7,9,19-21H,1,3H2,(H,16,23)(H,17,22,24). The van der Waals surface area contributed by atoms with Crippen molar-refractivity contribution in [3.63, 3.8) is 0 Å². The van der Waals surface area contributed by atoms with Crippen LogP contribution in [0.4, 0.5) is 13.2 Å². The van der Waals surface area contributed by atoms with Gasteiger partial charge in [0.1, 0.15) is 18.3 Å². The molecule has 0 aromatic carbocycles. The lowest BCUT2D eigenvalue weighted by atomic mass is 10.1. The minimum Gasteiger partial charge on any atom is -0.394 e. The summed E-state index contributed by atoms with van der Waals surface area (Å²) in [6, 6.07) is 0. The third kappa shape index (κ3) is 3.89. The zero-order chi connectivity index (χ0) is 18.9. The van der Waals surface area contributed by atoms with Crippen molar-refractivity contribution >= 4 is 5.91 Å². The van der Waals surface area contributed by atoms with Gasteiger partial charge in [0.2, 0.25) is 0 Å². The lowest BCUT2D eigenvalue weighted by Gasteiger charge is -2.18. The van der Waals surface area contributed by atoms with Gasteiger partial charge in [0.25, 0.3) is 5.56 Å². The van der Waals surface area contributed by atoms with Gasteiger partial charge in [-0.15, -0.1) is 0 Å². The third-order valence-corrected chi connectivity index (χ3v) is 3.53. The number of ether oxygens (including phenoxy) is 1. The molecule has 0 aliphatic carbocycles. The van der Waals surface area contributed by atoms with E-state index in [1.807, 2.05) is 0 Å². The molecule has 5 N–H and O–H groups in total. The van der Waals surface area contributed by atoms with E-state index >= 15 is 0 Å². The molecule has 13 heteroatoms. The average Bonchev–Trinajstić information content (AvgIpc) is 2.81. The van der Waals surface area contributed by atoms with Crippen molar-refractivity contribution in [1.82, 2.24) is 14.9 Å². The number of aliphatic hydroxyl groups excluding tert-OH is 3. The molecule has 2 heterocycles. The van der Waals surface area contributed by atoms with Gasteiger partial charge >= 0.3 is 17.8 Å². The lowest BCUT2D eigenvalue weighted by Crippen LogP contribution is -2.41. The Hall–Kier alpha value is -2.22. The van der Waals surface area contributed by atoms with Gasteiger partial charge in [-0.05, 0) is 0 Å². The molecule has 1 fully saturated rings. The number of halogens is 3. The first-order valence-corrected chi connectivity index (χ1v) is 6.88. The number of aromatic amines is 1. The minimum absolute atomic E-state index is 0.421. The molecule has 0 saturated carbocycles. The molecule has 10 nitrogen and oxygen atoms in total. The van der Waals surface area contributed by atoms with E-state index < -0.39 is 66.6 Å². The van der Waals surface area contributed by atoms with Crippen molar-refractivity contribution in [1.29, 1.82) is 0 Å². The normalized spacial score (nSPS) is 26.6. The van der Waals surface area contributed by atoms with Crippen LogP contribution in [0.15, 0.2) is 15.8 Å². The number of carbonyl (C=O) groups excluding carboxylic acids is 1. The molecule has 25 heavy (non-hydrogen) atoms. The largest absolute Gasteiger partial charge is 0.471 e. The van der Waals surface area contributed by atoms with Gasteiger partial charge in [-0.3, -0.25) is 19.1 Å². The summed E-state index contributed by atoms with van der Waals surface area (Å²) in [5.74, 6) is -2.28. The Morgan fingerprint density at radius 2 is 1.96 bits per heavy atom. The number of amides is 1. The summed E-state index contributed by atoms with van der Waals surface area (Å²) in [4.78, 5) is 36.1. The summed E-state index contributed by atoms with van der Waals surface area (Å²) in [6.45, 7) is -1.51. The fourth-order valence-electron chi connectivity index (χ4n) is 2.23. The number of alkyl halides is 3. The number of carbonyl (C=O) groups is 1. The van der Waals surface area contributed by atoms with Crippen LogP contribution in [0.5, 0.6) is 0 Å². The van der Waals surface area contributed by atoms with Crippen LogP contribution < -0.4 is 16.6 Å². The highest BCUT2D eigenvalue weighted by Crippen LogP contribution is 2.28. The highest BCUT2D eigenvalue weighted by Gasteiger charge is 2.44. The molecule has 2 rings (SSSR count). The summed E-state index contributed by atoms with van der Waals surface area (Å²) < 4.78 is 42.2. The Morgan fingerprint density at radius 1 is 1.32 bits per heavy atom. The molecule has 4 unspecified atom stereocenters. The second kappa shape index (κ2) is 6.95. The molecule has 1 aliphatic heterocycles. The number of rotatable bonds is 4. The predicted octanol–water partition coefficient (Wildman–Crippen LogP) is -2.67. The Morgan fingerprint density at radius 3 is 2.48 bits per heavy atom. The average molecular weight is 369 g/mol. The number of aromatic nitrogens is 2. The summed E-state index contributed by atoms with van der Waals surface area (Å²) in [7, 11) is 0. The maximum atomic E-state index is 12.2. The van der Waals surface area contributed by atoms with Crippen molar-refractivity contribution in [2.75, 3.05) is 6.61 Å². The maximum absolute atomic E-state index is 12.2. The minimum atomic E-state index is -5.15. The first-order valence-electron chi connectivity index (χ1n) is 6.88. The van der Waals surface area contributed by atoms with E-state index in [9.17, 15) is 37.8 Å². The molecule has 0 radical (unpaired) electrons. The van der Waals surface area contributed by atoms with Gasteiger partial charge in [0, 0.05) is 12.7 Å². The van der Waals surface area contributed by atoms with E-state index in [1.54, 1.807) is 4.98 Å². The lowest BCUT2D eigenvalue weighted by molar-refractivity contribution is -0.173.